The van der Waals surface area contributed by atoms with Gasteiger partial charge in [-0.25, -0.2) is 0 Å². The van der Waals surface area contributed by atoms with Gasteiger partial charge in [0.05, 0.1) is 6.54 Å². The number of anilines is 2. The second-order valence-electron chi connectivity index (χ2n) is 6.62. The van der Waals surface area contributed by atoms with E-state index in [1.807, 2.05) is 6.92 Å². The van der Waals surface area contributed by atoms with Crippen molar-refractivity contribution in [2.24, 2.45) is 10.9 Å². The maximum Gasteiger partial charge on any atom is 0.233 e. The molecule has 2 fully saturated rings. The van der Waals surface area contributed by atoms with Crippen LogP contribution in [0.25, 0.3) is 0 Å². The molecule has 1 N–H and O–H groups in total. The Labute approximate surface area is 136 Å². The Hall–Kier alpha value is -2.02. The van der Waals surface area contributed by atoms with Gasteiger partial charge in [0, 0.05) is 26.2 Å². The van der Waals surface area contributed by atoms with Crippen LogP contribution in [0, 0.1) is 12.8 Å². The summed E-state index contributed by atoms with van der Waals surface area (Å²) in [6.45, 7) is 6.70. The third kappa shape index (κ3) is 3.34. The number of nitrogens with one attached hydrogen (secondary N) is 1. The van der Waals surface area contributed by atoms with Crippen LogP contribution in [0.4, 0.5) is 11.9 Å². The van der Waals surface area contributed by atoms with Gasteiger partial charge in [-0.05, 0) is 44.4 Å². The molecule has 0 aromatic carbocycles. The number of rotatable bonds is 3. The zero-order chi connectivity index (χ0) is 15.8. The molecule has 23 heavy (non-hydrogen) atoms. The van der Waals surface area contributed by atoms with Crippen molar-refractivity contribution in [3.63, 3.8) is 0 Å². The first kappa shape index (κ1) is 14.6. The summed E-state index contributed by atoms with van der Waals surface area (Å²) < 4.78 is 0. The summed E-state index contributed by atoms with van der Waals surface area (Å²) >= 11 is 0. The molecular weight excluding hydrogens is 290 g/mol. The molecule has 1 aromatic heterocycles. The van der Waals surface area contributed by atoms with Gasteiger partial charge in [-0.3, -0.25) is 4.99 Å². The third-order valence-corrected chi connectivity index (χ3v) is 4.62. The molecule has 0 amide bonds. The lowest BCUT2D eigenvalue weighted by Crippen LogP contribution is -2.45. The molecule has 0 bridgehead atoms. The van der Waals surface area contributed by atoms with Gasteiger partial charge in [0.25, 0.3) is 0 Å². The summed E-state index contributed by atoms with van der Waals surface area (Å²) in [5, 5.41) is 3.26. The van der Waals surface area contributed by atoms with Crippen molar-refractivity contribution < 1.29 is 0 Å². The molecule has 7 nitrogen and oxygen atoms in total. The highest BCUT2D eigenvalue weighted by Crippen LogP contribution is 2.37. The summed E-state index contributed by atoms with van der Waals surface area (Å²) in [5.74, 6) is 3.74. The van der Waals surface area contributed by atoms with E-state index in [0.717, 1.165) is 56.3 Å². The van der Waals surface area contributed by atoms with Crippen LogP contribution in [0.2, 0.25) is 0 Å². The SMILES string of the molecule is Cc1nc(NC2=NCC(C3CC3)=C2)nc(N2CCN(C)CC2)n1. The Morgan fingerprint density at radius 3 is 2.61 bits per heavy atom. The van der Waals surface area contributed by atoms with E-state index < -0.39 is 0 Å². The number of hydrogen-bond acceptors (Lipinski definition) is 7. The predicted molar refractivity (Wildman–Crippen MR) is 91.0 cm³/mol. The number of hydrogen-bond donors (Lipinski definition) is 1. The summed E-state index contributed by atoms with van der Waals surface area (Å²) in [4.78, 5) is 22.6. The topological polar surface area (TPSA) is 69.5 Å². The summed E-state index contributed by atoms with van der Waals surface area (Å²) in [6.07, 6.45) is 4.78. The lowest BCUT2D eigenvalue weighted by atomic mass is 10.2. The minimum atomic E-state index is 0.596. The fourth-order valence-corrected chi connectivity index (χ4v) is 3.01. The van der Waals surface area contributed by atoms with Gasteiger partial charge in [-0.15, -0.1) is 0 Å². The average Bonchev–Trinajstić information content (AvgIpc) is 3.28. The molecule has 4 rings (SSSR count). The summed E-state index contributed by atoms with van der Waals surface area (Å²) in [7, 11) is 2.14. The standard InChI is InChI=1S/C16H23N7/c1-11-18-15(20-14-9-13(10-17-14)12-3-4-12)21-16(19-11)23-7-5-22(2)6-8-23/h9,12H,3-8,10H2,1-2H3,(H,17,18,19,20,21). The second-order valence-corrected chi connectivity index (χ2v) is 6.62. The number of likely N-dealkylation sites (N-methyl/N-ethyl adjacent to an activating group) is 1. The molecule has 3 heterocycles. The highest BCUT2D eigenvalue weighted by atomic mass is 15.3. The van der Waals surface area contributed by atoms with Crippen molar-refractivity contribution in [2.45, 2.75) is 19.8 Å². The zero-order valence-corrected chi connectivity index (χ0v) is 13.8. The van der Waals surface area contributed by atoms with E-state index >= 15 is 0 Å². The van der Waals surface area contributed by atoms with Gasteiger partial charge in [-0.2, -0.15) is 15.0 Å². The molecule has 3 aliphatic rings. The van der Waals surface area contributed by atoms with Crippen molar-refractivity contribution >= 4 is 17.7 Å². The maximum atomic E-state index is 4.60. The maximum absolute atomic E-state index is 4.60. The molecule has 0 spiro atoms. The van der Waals surface area contributed by atoms with Crippen molar-refractivity contribution in [3.05, 3.63) is 17.5 Å². The smallest absolute Gasteiger partial charge is 0.233 e. The Morgan fingerprint density at radius 1 is 1.09 bits per heavy atom. The van der Waals surface area contributed by atoms with Gasteiger partial charge in [-0.1, -0.05) is 0 Å². The van der Waals surface area contributed by atoms with Crippen LogP contribution in [0.15, 0.2) is 16.6 Å². The molecule has 122 valence electrons. The van der Waals surface area contributed by atoms with E-state index in [-0.39, 0.29) is 0 Å². The Morgan fingerprint density at radius 2 is 1.87 bits per heavy atom. The number of amidine groups is 1. The molecule has 1 aromatic rings. The van der Waals surface area contributed by atoms with E-state index in [1.165, 1.54) is 18.4 Å². The molecule has 1 saturated carbocycles. The molecule has 7 heteroatoms. The van der Waals surface area contributed by atoms with E-state index in [2.05, 4.69) is 48.2 Å². The number of nitrogens with zero attached hydrogens (tertiary/aromatic N) is 6. The molecular formula is C16H23N7. The Bertz CT molecular complexity index is 654. The quantitative estimate of drug-likeness (QED) is 0.901. The van der Waals surface area contributed by atoms with E-state index in [9.17, 15) is 0 Å². The predicted octanol–water partition coefficient (Wildman–Crippen LogP) is 1.09. The van der Waals surface area contributed by atoms with Crippen molar-refractivity contribution in [1.29, 1.82) is 0 Å². The molecule has 0 atom stereocenters. The van der Waals surface area contributed by atoms with Crippen molar-refractivity contribution in [3.8, 4) is 0 Å². The first-order valence-corrected chi connectivity index (χ1v) is 8.35. The largest absolute Gasteiger partial charge is 0.338 e. The van der Waals surface area contributed by atoms with Crippen LogP contribution < -0.4 is 10.2 Å². The van der Waals surface area contributed by atoms with Crippen LogP contribution in [0.5, 0.6) is 0 Å². The van der Waals surface area contributed by atoms with Crippen LogP contribution in [0.1, 0.15) is 18.7 Å². The number of aromatic nitrogens is 3. The zero-order valence-electron chi connectivity index (χ0n) is 13.8. The van der Waals surface area contributed by atoms with Crippen molar-refractivity contribution in [2.75, 3.05) is 50.0 Å². The monoisotopic (exact) mass is 313 g/mol. The van der Waals surface area contributed by atoms with Crippen LogP contribution in [-0.4, -0.2) is 65.5 Å². The second kappa shape index (κ2) is 5.88. The first-order chi connectivity index (χ1) is 11.2. The van der Waals surface area contributed by atoms with Gasteiger partial charge in [0.1, 0.15) is 11.7 Å². The van der Waals surface area contributed by atoms with E-state index in [1.54, 1.807) is 0 Å². The van der Waals surface area contributed by atoms with Crippen LogP contribution >= 0.6 is 0 Å². The highest BCUT2D eigenvalue weighted by molar-refractivity contribution is 6.04. The number of piperazine rings is 1. The minimum absolute atomic E-state index is 0.596. The molecule has 1 aliphatic carbocycles. The van der Waals surface area contributed by atoms with Crippen LogP contribution in [-0.2, 0) is 0 Å². The fourth-order valence-electron chi connectivity index (χ4n) is 3.01. The number of aliphatic imine (C=N–C) groups is 1. The minimum Gasteiger partial charge on any atom is -0.338 e. The molecule has 2 aliphatic heterocycles. The lowest BCUT2D eigenvalue weighted by molar-refractivity contribution is 0.311. The molecule has 1 saturated heterocycles. The summed E-state index contributed by atoms with van der Waals surface area (Å²) in [6, 6.07) is 0. The van der Waals surface area contributed by atoms with Gasteiger partial charge < -0.3 is 15.1 Å². The molecule has 0 unspecified atom stereocenters. The van der Waals surface area contributed by atoms with Gasteiger partial charge in [0.2, 0.25) is 11.9 Å². The summed E-state index contributed by atoms with van der Waals surface area (Å²) in [5.41, 5.74) is 1.44. The Kier molecular flexibility index (Phi) is 3.72. The first-order valence-electron chi connectivity index (χ1n) is 8.35. The van der Waals surface area contributed by atoms with E-state index in [4.69, 9.17) is 0 Å². The van der Waals surface area contributed by atoms with Crippen molar-refractivity contribution in [1.82, 2.24) is 19.9 Å². The third-order valence-electron chi connectivity index (χ3n) is 4.62. The number of aryl methyl sites for hydroxylation is 1. The van der Waals surface area contributed by atoms with Gasteiger partial charge >= 0.3 is 0 Å². The van der Waals surface area contributed by atoms with Gasteiger partial charge in [0.15, 0.2) is 0 Å². The highest BCUT2D eigenvalue weighted by Gasteiger charge is 2.28. The lowest BCUT2D eigenvalue weighted by Gasteiger charge is -2.32. The normalized spacial score (nSPS) is 22.1. The average molecular weight is 313 g/mol. The Balaban J connectivity index is 1.48. The fraction of sp³-hybridized carbons (Fsp3) is 0.625. The van der Waals surface area contributed by atoms with Crippen LogP contribution in [0.3, 0.4) is 0 Å². The molecule has 0 radical (unpaired) electrons. The van der Waals surface area contributed by atoms with E-state index in [0.29, 0.717) is 5.95 Å².